The van der Waals surface area contributed by atoms with Crippen molar-refractivity contribution >= 4 is 23.6 Å². The SMILES string of the molecule is CC[C@@H](C(=O)NC(C)C)N(Cc1cccc(OC)c1)C(=O)CSCc1ccccc1F. The van der Waals surface area contributed by atoms with Crippen molar-refractivity contribution in [2.75, 3.05) is 12.9 Å². The molecule has 2 aromatic rings. The molecular formula is C24H31FN2O3S. The number of halogens is 1. The third-order valence-corrected chi connectivity index (χ3v) is 5.71. The van der Waals surface area contributed by atoms with Gasteiger partial charge in [-0.3, -0.25) is 9.59 Å². The van der Waals surface area contributed by atoms with Crippen LogP contribution in [0.4, 0.5) is 4.39 Å². The first kappa shape index (κ1) is 24.7. The molecule has 168 valence electrons. The van der Waals surface area contributed by atoms with Crippen LogP contribution in [0.3, 0.4) is 0 Å². The molecule has 0 saturated heterocycles. The number of carbonyl (C=O) groups excluding carboxylic acids is 2. The smallest absolute Gasteiger partial charge is 0.243 e. The van der Waals surface area contributed by atoms with Crippen molar-refractivity contribution in [3.8, 4) is 5.75 Å². The second-order valence-corrected chi connectivity index (χ2v) is 8.53. The average molecular weight is 447 g/mol. The van der Waals surface area contributed by atoms with Gasteiger partial charge in [-0.05, 0) is 49.6 Å². The number of hydrogen-bond acceptors (Lipinski definition) is 4. The summed E-state index contributed by atoms with van der Waals surface area (Å²) in [5.41, 5.74) is 1.44. The number of methoxy groups -OCH3 is 1. The van der Waals surface area contributed by atoms with Crippen LogP contribution in [-0.2, 0) is 21.9 Å². The zero-order chi connectivity index (χ0) is 22.8. The molecule has 1 atom stereocenters. The van der Waals surface area contributed by atoms with E-state index in [1.807, 2.05) is 45.0 Å². The third-order valence-electron chi connectivity index (χ3n) is 4.74. The summed E-state index contributed by atoms with van der Waals surface area (Å²) in [5, 5.41) is 2.91. The molecule has 0 fully saturated rings. The summed E-state index contributed by atoms with van der Waals surface area (Å²) in [6.45, 7) is 5.97. The third kappa shape index (κ3) is 7.58. The van der Waals surface area contributed by atoms with Gasteiger partial charge in [-0.2, -0.15) is 0 Å². The molecule has 0 radical (unpaired) electrons. The minimum Gasteiger partial charge on any atom is -0.497 e. The molecule has 7 heteroatoms. The molecule has 0 aliphatic rings. The Balaban J connectivity index is 2.17. The van der Waals surface area contributed by atoms with Crippen LogP contribution < -0.4 is 10.1 Å². The molecule has 31 heavy (non-hydrogen) atoms. The average Bonchev–Trinajstić information content (AvgIpc) is 2.74. The van der Waals surface area contributed by atoms with E-state index < -0.39 is 6.04 Å². The zero-order valence-electron chi connectivity index (χ0n) is 18.6. The van der Waals surface area contributed by atoms with Gasteiger partial charge in [-0.15, -0.1) is 11.8 Å². The van der Waals surface area contributed by atoms with Crippen molar-refractivity contribution in [2.45, 2.75) is 51.6 Å². The lowest BCUT2D eigenvalue weighted by Gasteiger charge is -2.31. The molecule has 0 bridgehead atoms. The molecule has 2 rings (SSSR count). The van der Waals surface area contributed by atoms with Gasteiger partial charge in [0.15, 0.2) is 0 Å². The number of nitrogens with zero attached hydrogens (tertiary/aromatic N) is 1. The molecule has 2 amide bonds. The van der Waals surface area contributed by atoms with E-state index in [0.717, 1.165) is 5.56 Å². The zero-order valence-corrected chi connectivity index (χ0v) is 19.4. The van der Waals surface area contributed by atoms with Crippen molar-refractivity contribution in [1.82, 2.24) is 10.2 Å². The first-order chi connectivity index (χ1) is 14.8. The number of rotatable bonds is 11. The van der Waals surface area contributed by atoms with Crippen LogP contribution in [0.5, 0.6) is 5.75 Å². The maximum Gasteiger partial charge on any atom is 0.243 e. The number of amides is 2. The maximum atomic E-state index is 13.9. The lowest BCUT2D eigenvalue weighted by Crippen LogP contribution is -2.50. The van der Waals surface area contributed by atoms with Crippen molar-refractivity contribution in [1.29, 1.82) is 0 Å². The minimum absolute atomic E-state index is 0.0225. The Kier molecular flexibility index (Phi) is 9.85. The fourth-order valence-corrected chi connectivity index (χ4v) is 4.11. The fourth-order valence-electron chi connectivity index (χ4n) is 3.21. The Morgan fingerprint density at radius 1 is 1.16 bits per heavy atom. The van der Waals surface area contributed by atoms with Gasteiger partial charge in [0.05, 0.1) is 12.9 Å². The Morgan fingerprint density at radius 3 is 2.55 bits per heavy atom. The highest BCUT2D eigenvalue weighted by molar-refractivity contribution is 7.99. The number of hydrogen-bond donors (Lipinski definition) is 1. The van der Waals surface area contributed by atoms with Crippen LogP contribution >= 0.6 is 11.8 Å². The van der Waals surface area contributed by atoms with Crippen LogP contribution in [0.15, 0.2) is 48.5 Å². The molecule has 0 saturated carbocycles. The number of carbonyl (C=O) groups is 2. The molecule has 1 N–H and O–H groups in total. The molecular weight excluding hydrogens is 415 g/mol. The fraction of sp³-hybridized carbons (Fsp3) is 0.417. The van der Waals surface area contributed by atoms with Gasteiger partial charge in [0.1, 0.15) is 17.6 Å². The maximum absolute atomic E-state index is 13.9. The summed E-state index contributed by atoms with van der Waals surface area (Å²) in [7, 11) is 1.59. The summed E-state index contributed by atoms with van der Waals surface area (Å²) < 4.78 is 19.2. The molecule has 5 nitrogen and oxygen atoms in total. The van der Waals surface area contributed by atoms with E-state index in [-0.39, 0.29) is 29.4 Å². The predicted octanol–water partition coefficient (Wildman–Crippen LogP) is 4.40. The molecule has 0 aromatic heterocycles. The van der Waals surface area contributed by atoms with E-state index in [1.54, 1.807) is 30.2 Å². The molecule has 0 aliphatic carbocycles. The second kappa shape index (κ2) is 12.3. The summed E-state index contributed by atoms with van der Waals surface area (Å²) >= 11 is 1.34. The van der Waals surface area contributed by atoms with Crippen molar-refractivity contribution < 1.29 is 18.7 Å². The highest BCUT2D eigenvalue weighted by atomic mass is 32.2. The van der Waals surface area contributed by atoms with E-state index in [1.165, 1.54) is 17.8 Å². The highest BCUT2D eigenvalue weighted by Gasteiger charge is 2.29. The Morgan fingerprint density at radius 2 is 1.90 bits per heavy atom. The standard InChI is InChI=1S/C24H31FN2O3S/c1-5-22(24(29)26-17(2)3)27(14-18-9-8-11-20(13-18)30-4)23(28)16-31-15-19-10-6-7-12-21(19)25/h6-13,17,22H,5,14-16H2,1-4H3,(H,26,29)/t22-/m0/s1. The molecule has 0 heterocycles. The van der Waals surface area contributed by atoms with Crippen molar-refractivity contribution in [3.05, 3.63) is 65.5 Å². The van der Waals surface area contributed by atoms with Crippen molar-refractivity contribution in [3.63, 3.8) is 0 Å². The molecule has 0 unspecified atom stereocenters. The van der Waals surface area contributed by atoms with Gasteiger partial charge < -0.3 is 15.0 Å². The molecule has 0 aliphatic heterocycles. The molecule has 0 spiro atoms. The summed E-state index contributed by atoms with van der Waals surface area (Å²) in [6, 6.07) is 13.4. The predicted molar refractivity (Wildman–Crippen MR) is 123 cm³/mol. The van der Waals surface area contributed by atoms with Gasteiger partial charge in [-0.25, -0.2) is 4.39 Å². The van der Waals surface area contributed by atoms with Crippen LogP contribution in [-0.4, -0.2) is 41.7 Å². The summed E-state index contributed by atoms with van der Waals surface area (Å²) in [4.78, 5) is 27.6. The van der Waals surface area contributed by atoms with Crippen LogP contribution in [0, 0.1) is 5.82 Å². The van der Waals surface area contributed by atoms with Crippen LogP contribution in [0.2, 0.25) is 0 Å². The van der Waals surface area contributed by atoms with Gasteiger partial charge >= 0.3 is 0 Å². The highest BCUT2D eigenvalue weighted by Crippen LogP contribution is 2.20. The Hall–Kier alpha value is -2.54. The normalized spacial score (nSPS) is 11.8. The van der Waals surface area contributed by atoms with Gasteiger partial charge in [0, 0.05) is 18.3 Å². The van der Waals surface area contributed by atoms with E-state index in [4.69, 9.17) is 4.74 Å². The van der Waals surface area contributed by atoms with Gasteiger partial charge in [0.25, 0.3) is 0 Å². The topological polar surface area (TPSA) is 58.6 Å². The Labute approximate surface area is 188 Å². The largest absolute Gasteiger partial charge is 0.497 e. The number of nitrogens with one attached hydrogen (secondary N) is 1. The summed E-state index contributed by atoms with van der Waals surface area (Å²) in [6.07, 6.45) is 0.492. The Bertz CT molecular complexity index is 875. The lowest BCUT2D eigenvalue weighted by atomic mass is 10.1. The number of thioether (sulfide) groups is 1. The number of benzene rings is 2. The van der Waals surface area contributed by atoms with E-state index >= 15 is 0 Å². The molecule has 2 aromatic carbocycles. The van der Waals surface area contributed by atoms with E-state index in [9.17, 15) is 14.0 Å². The van der Waals surface area contributed by atoms with Crippen LogP contribution in [0.1, 0.15) is 38.3 Å². The first-order valence-corrected chi connectivity index (χ1v) is 11.5. The monoisotopic (exact) mass is 446 g/mol. The summed E-state index contributed by atoms with van der Waals surface area (Å²) in [5.74, 6) is 0.629. The van der Waals surface area contributed by atoms with E-state index in [2.05, 4.69) is 5.32 Å². The first-order valence-electron chi connectivity index (χ1n) is 10.4. The quantitative estimate of drug-likeness (QED) is 0.556. The second-order valence-electron chi connectivity index (χ2n) is 7.54. The van der Waals surface area contributed by atoms with Crippen LogP contribution in [0.25, 0.3) is 0 Å². The van der Waals surface area contributed by atoms with Crippen molar-refractivity contribution in [2.24, 2.45) is 0 Å². The van der Waals surface area contributed by atoms with Gasteiger partial charge in [-0.1, -0.05) is 37.3 Å². The van der Waals surface area contributed by atoms with Gasteiger partial charge in [0.2, 0.25) is 11.8 Å². The minimum atomic E-state index is -0.588. The van der Waals surface area contributed by atoms with E-state index in [0.29, 0.717) is 30.0 Å². The lowest BCUT2D eigenvalue weighted by molar-refractivity contribution is -0.139. The number of ether oxygens (including phenoxy) is 1.